The summed E-state index contributed by atoms with van der Waals surface area (Å²) in [7, 11) is 0. The lowest BCUT2D eigenvalue weighted by molar-refractivity contribution is 0.228. The summed E-state index contributed by atoms with van der Waals surface area (Å²) in [6, 6.07) is -0.391. The van der Waals surface area contributed by atoms with E-state index in [-0.39, 0.29) is 11.9 Å². The Morgan fingerprint density at radius 1 is 1.50 bits per heavy atom. The van der Waals surface area contributed by atoms with Gasteiger partial charge < -0.3 is 26.8 Å². The topological polar surface area (TPSA) is 148 Å². The first-order valence-corrected chi connectivity index (χ1v) is 6.31. The van der Waals surface area contributed by atoms with Gasteiger partial charge in [0.1, 0.15) is 0 Å². The van der Waals surface area contributed by atoms with Crippen LogP contribution in [0.5, 0.6) is 0 Å². The van der Waals surface area contributed by atoms with Crippen molar-refractivity contribution in [2.45, 2.75) is 26.0 Å². The largest absolute Gasteiger partial charge is 0.370 e. The molecule has 1 unspecified atom stereocenters. The minimum absolute atomic E-state index is 0.0564. The number of unbranched alkanes of at least 4 members (excludes halogenated alkanes) is 1. The molecule has 0 fully saturated rings. The number of nitrogens with one attached hydrogen (secondary N) is 5. The number of nitrogens with zero attached hydrogens (tertiary/aromatic N) is 1. The molecule has 1 aliphatic heterocycles. The summed E-state index contributed by atoms with van der Waals surface area (Å²) >= 11 is 0. The molecule has 1 rings (SSSR count). The van der Waals surface area contributed by atoms with Crippen LogP contribution in [0.3, 0.4) is 0 Å². The van der Waals surface area contributed by atoms with E-state index in [0.717, 1.165) is 18.5 Å². The standard InChI is InChI=1S/C11H21N7O2/c1-7-6-8(19)17-10(16-7)18-11(20)15-5-3-2-4-14-9(12)13/h6,8,19H,2-5H2,1H3,(H4,12,13,14)(H3,15,16,17,18,20). The second kappa shape index (κ2) is 8.00. The minimum Gasteiger partial charge on any atom is -0.370 e. The Kier molecular flexibility index (Phi) is 6.30. The second-order valence-electron chi connectivity index (χ2n) is 4.29. The molecule has 0 saturated carbocycles. The van der Waals surface area contributed by atoms with Crippen LogP contribution in [0.15, 0.2) is 16.8 Å². The van der Waals surface area contributed by atoms with Crippen LogP contribution in [0.2, 0.25) is 0 Å². The Balaban J connectivity index is 2.13. The van der Waals surface area contributed by atoms with Gasteiger partial charge in [0.25, 0.3) is 0 Å². The van der Waals surface area contributed by atoms with E-state index >= 15 is 0 Å². The van der Waals surface area contributed by atoms with Crippen molar-refractivity contribution >= 4 is 18.0 Å². The van der Waals surface area contributed by atoms with Crippen molar-refractivity contribution in [1.82, 2.24) is 21.3 Å². The van der Waals surface area contributed by atoms with Gasteiger partial charge in [-0.3, -0.25) is 10.7 Å². The molecule has 0 aromatic carbocycles. The summed E-state index contributed by atoms with van der Waals surface area (Å²) in [6.45, 7) is 2.86. The fourth-order valence-electron chi connectivity index (χ4n) is 1.54. The monoisotopic (exact) mass is 283 g/mol. The lowest BCUT2D eigenvalue weighted by atomic mass is 10.3. The molecular formula is C11H21N7O2. The molecule has 0 radical (unpaired) electrons. The Bertz CT molecular complexity index is 419. The van der Waals surface area contributed by atoms with Crippen LogP contribution in [-0.2, 0) is 0 Å². The van der Waals surface area contributed by atoms with E-state index in [2.05, 4.69) is 26.3 Å². The third-order valence-corrected chi connectivity index (χ3v) is 2.41. The zero-order chi connectivity index (χ0) is 15.0. The minimum atomic E-state index is -0.941. The van der Waals surface area contributed by atoms with Crippen LogP contribution in [0.25, 0.3) is 0 Å². The predicted octanol–water partition coefficient (Wildman–Crippen LogP) is -1.27. The fourth-order valence-corrected chi connectivity index (χ4v) is 1.54. The Hall–Kier alpha value is -2.29. The number of aliphatic hydroxyl groups is 1. The maximum Gasteiger partial charge on any atom is 0.321 e. The first-order valence-electron chi connectivity index (χ1n) is 6.31. The van der Waals surface area contributed by atoms with Gasteiger partial charge in [-0.25, -0.2) is 9.79 Å². The van der Waals surface area contributed by atoms with Crippen molar-refractivity contribution in [1.29, 1.82) is 5.41 Å². The summed E-state index contributed by atoms with van der Waals surface area (Å²) in [4.78, 5) is 15.4. The third kappa shape index (κ3) is 6.59. The molecule has 0 aromatic rings. The zero-order valence-electron chi connectivity index (χ0n) is 11.4. The second-order valence-corrected chi connectivity index (χ2v) is 4.29. The molecule has 0 aromatic heterocycles. The summed E-state index contributed by atoms with van der Waals surface area (Å²) in [5.41, 5.74) is 5.85. The fraction of sp³-hybridized carbons (Fsp3) is 0.545. The van der Waals surface area contributed by atoms with Gasteiger partial charge in [-0.1, -0.05) is 0 Å². The van der Waals surface area contributed by atoms with Gasteiger partial charge in [0, 0.05) is 18.8 Å². The number of amides is 2. The van der Waals surface area contributed by atoms with Crippen LogP contribution < -0.4 is 27.0 Å². The number of aliphatic imine (C=N–C) groups is 1. The number of urea groups is 1. The molecule has 9 nitrogen and oxygen atoms in total. The Labute approximate surface area is 117 Å². The number of rotatable bonds is 5. The number of allylic oxidation sites excluding steroid dienone is 1. The molecule has 0 bridgehead atoms. The maximum absolute atomic E-state index is 11.6. The molecule has 2 amide bonds. The van der Waals surface area contributed by atoms with Crippen molar-refractivity contribution in [3.05, 3.63) is 11.8 Å². The lowest BCUT2D eigenvalue weighted by Crippen LogP contribution is -2.47. The van der Waals surface area contributed by atoms with Crippen LogP contribution in [0.4, 0.5) is 4.79 Å². The average molecular weight is 283 g/mol. The molecule has 0 saturated heterocycles. The highest BCUT2D eigenvalue weighted by molar-refractivity contribution is 5.97. The Morgan fingerprint density at radius 3 is 2.75 bits per heavy atom. The molecule has 112 valence electrons. The molecule has 8 N–H and O–H groups in total. The number of carbonyl (C=O) groups is 1. The number of nitrogens with two attached hydrogens (primary N) is 1. The third-order valence-electron chi connectivity index (χ3n) is 2.41. The van der Waals surface area contributed by atoms with Crippen molar-refractivity contribution in [2.75, 3.05) is 13.1 Å². The maximum atomic E-state index is 11.6. The first-order chi connectivity index (χ1) is 9.47. The van der Waals surface area contributed by atoms with Crippen LogP contribution in [0, 0.1) is 5.41 Å². The van der Waals surface area contributed by atoms with Gasteiger partial charge in [0.15, 0.2) is 12.2 Å². The molecule has 20 heavy (non-hydrogen) atoms. The smallest absolute Gasteiger partial charge is 0.321 e. The van der Waals surface area contributed by atoms with E-state index in [1.807, 2.05) is 0 Å². The van der Waals surface area contributed by atoms with Gasteiger partial charge in [0.2, 0.25) is 5.96 Å². The van der Waals surface area contributed by atoms with Crippen molar-refractivity contribution in [2.24, 2.45) is 10.7 Å². The van der Waals surface area contributed by atoms with Crippen molar-refractivity contribution in [3.63, 3.8) is 0 Å². The van der Waals surface area contributed by atoms with Gasteiger partial charge in [-0.2, -0.15) is 0 Å². The predicted molar refractivity (Wildman–Crippen MR) is 76.0 cm³/mol. The number of aliphatic hydroxyl groups excluding tert-OH is 1. The van der Waals surface area contributed by atoms with E-state index in [9.17, 15) is 9.90 Å². The summed E-state index contributed by atoms with van der Waals surface area (Å²) in [6.07, 6.45) is 2.14. The normalized spacial score (nSPS) is 17.4. The van der Waals surface area contributed by atoms with Gasteiger partial charge in [-0.15, -0.1) is 0 Å². The number of guanidine groups is 2. The molecular weight excluding hydrogens is 262 g/mol. The van der Waals surface area contributed by atoms with Crippen molar-refractivity contribution in [3.8, 4) is 0 Å². The number of hydrogen-bond donors (Lipinski definition) is 7. The molecule has 1 aliphatic rings. The van der Waals surface area contributed by atoms with Gasteiger partial charge >= 0.3 is 6.03 Å². The van der Waals surface area contributed by atoms with E-state index in [1.54, 1.807) is 6.92 Å². The number of carbonyl (C=O) groups excluding carboxylic acids is 1. The van der Waals surface area contributed by atoms with E-state index in [4.69, 9.17) is 11.1 Å². The van der Waals surface area contributed by atoms with Crippen LogP contribution in [-0.4, -0.2) is 42.4 Å². The summed E-state index contributed by atoms with van der Waals surface area (Å²) in [5, 5.41) is 27.0. The highest BCUT2D eigenvalue weighted by Gasteiger charge is 2.12. The lowest BCUT2D eigenvalue weighted by Gasteiger charge is -2.17. The first kappa shape index (κ1) is 15.8. The van der Waals surface area contributed by atoms with Gasteiger partial charge in [-0.05, 0) is 25.8 Å². The van der Waals surface area contributed by atoms with E-state index in [1.165, 1.54) is 6.08 Å². The molecule has 0 spiro atoms. The summed E-state index contributed by atoms with van der Waals surface area (Å²) in [5.74, 6) is 0.160. The number of hydrogen-bond acceptors (Lipinski definition) is 5. The molecule has 0 aliphatic carbocycles. The molecule has 9 heteroatoms. The van der Waals surface area contributed by atoms with Crippen LogP contribution >= 0.6 is 0 Å². The Morgan fingerprint density at radius 2 is 2.15 bits per heavy atom. The van der Waals surface area contributed by atoms with E-state index in [0.29, 0.717) is 13.1 Å². The highest BCUT2D eigenvalue weighted by Crippen LogP contribution is 1.99. The quantitative estimate of drug-likeness (QED) is 0.191. The average Bonchev–Trinajstić information content (AvgIpc) is 2.31. The van der Waals surface area contributed by atoms with E-state index < -0.39 is 12.3 Å². The van der Waals surface area contributed by atoms with Crippen LogP contribution in [0.1, 0.15) is 19.8 Å². The van der Waals surface area contributed by atoms with Crippen molar-refractivity contribution < 1.29 is 9.90 Å². The molecule has 1 heterocycles. The summed E-state index contributed by atoms with van der Waals surface area (Å²) < 4.78 is 0. The van der Waals surface area contributed by atoms with Gasteiger partial charge in [0.05, 0.1) is 0 Å². The SMILES string of the molecule is CC1=CC(O)N=C(NC(=O)NCCCCNC(=N)N)N1. The highest BCUT2D eigenvalue weighted by atomic mass is 16.3. The zero-order valence-corrected chi connectivity index (χ0v) is 11.4. The molecule has 1 atom stereocenters.